The summed E-state index contributed by atoms with van der Waals surface area (Å²) in [5, 5.41) is 0. The second-order valence-electron chi connectivity index (χ2n) is 4.03. The van der Waals surface area contributed by atoms with Gasteiger partial charge in [0.15, 0.2) is 0 Å². The Kier molecular flexibility index (Phi) is 5.65. The van der Waals surface area contributed by atoms with Crippen molar-refractivity contribution in [3.05, 3.63) is 0 Å². The molecule has 0 saturated carbocycles. The van der Waals surface area contributed by atoms with E-state index in [-0.39, 0.29) is 12.0 Å². The molecule has 0 aromatic heterocycles. The fourth-order valence-corrected chi connectivity index (χ4v) is 1.77. The summed E-state index contributed by atoms with van der Waals surface area (Å²) in [7, 11) is 0. The Hall–Kier alpha value is -0.610. The predicted octanol–water partition coefficient (Wildman–Crippen LogP) is 0.753. The van der Waals surface area contributed by atoms with Crippen LogP contribution in [-0.4, -0.2) is 43.2 Å². The van der Waals surface area contributed by atoms with Crippen LogP contribution in [0.25, 0.3) is 0 Å². The smallest absolute Gasteiger partial charge is 0.222 e. The molecule has 0 aliphatic carbocycles. The number of unbranched alkanes of at least 4 members (excludes halogenated alkanes) is 2. The van der Waals surface area contributed by atoms with Crippen molar-refractivity contribution in [2.75, 3.05) is 26.2 Å². The van der Waals surface area contributed by atoms with E-state index in [1.165, 1.54) is 0 Å². The van der Waals surface area contributed by atoms with Gasteiger partial charge in [-0.05, 0) is 6.42 Å². The molecule has 4 heteroatoms. The molecule has 0 spiro atoms. The van der Waals surface area contributed by atoms with E-state index in [0.29, 0.717) is 26.1 Å². The Labute approximate surface area is 91.8 Å². The van der Waals surface area contributed by atoms with E-state index in [1.54, 1.807) is 0 Å². The molecule has 15 heavy (non-hydrogen) atoms. The van der Waals surface area contributed by atoms with Gasteiger partial charge in [0.2, 0.25) is 5.91 Å². The molecule has 1 fully saturated rings. The first-order valence-electron chi connectivity index (χ1n) is 5.87. The van der Waals surface area contributed by atoms with Crippen LogP contribution >= 0.6 is 0 Å². The average Bonchev–Trinajstić information content (AvgIpc) is 2.29. The summed E-state index contributed by atoms with van der Waals surface area (Å²) in [5.74, 6) is 0.255. The van der Waals surface area contributed by atoms with Crippen molar-refractivity contribution in [3.8, 4) is 0 Å². The van der Waals surface area contributed by atoms with E-state index >= 15 is 0 Å². The largest absolute Gasteiger partial charge is 0.373 e. The third-order valence-electron chi connectivity index (χ3n) is 2.75. The minimum atomic E-state index is 0.0360. The minimum Gasteiger partial charge on any atom is -0.373 e. The molecule has 88 valence electrons. The lowest BCUT2D eigenvalue weighted by atomic mass is 10.1. The highest BCUT2D eigenvalue weighted by Gasteiger charge is 2.22. The molecule has 1 unspecified atom stereocenters. The van der Waals surface area contributed by atoms with Gasteiger partial charge in [0, 0.05) is 26.1 Å². The van der Waals surface area contributed by atoms with Gasteiger partial charge in [0.25, 0.3) is 0 Å². The third kappa shape index (κ3) is 4.18. The Morgan fingerprint density at radius 1 is 1.53 bits per heavy atom. The Bertz CT molecular complexity index is 197. The van der Waals surface area contributed by atoms with Crippen molar-refractivity contribution < 1.29 is 9.53 Å². The van der Waals surface area contributed by atoms with Crippen LogP contribution in [0.4, 0.5) is 0 Å². The topological polar surface area (TPSA) is 55.6 Å². The zero-order valence-corrected chi connectivity index (χ0v) is 9.58. The monoisotopic (exact) mass is 214 g/mol. The molecule has 2 N–H and O–H groups in total. The lowest BCUT2D eigenvalue weighted by molar-refractivity contribution is -0.138. The fraction of sp³-hybridized carbons (Fsp3) is 0.909. The molecule has 1 aliphatic heterocycles. The van der Waals surface area contributed by atoms with Crippen molar-refractivity contribution in [1.82, 2.24) is 4.90 Å². The van der Waals surface area contributed by atoms with Gasteiger partial charge in [-0.2, -0.15) is 0 Å². The van der Waals surface area contributed by atoms with Crippen LogP contribution < -0.4 is 5.73 Å². The first kappa shape index (κ1) is 12.5. The Morgan fingerprint density at radius 3 is 3.00 bits per heavy atom. The maximum Gasteiger partial charge on any atom is 0.222 e. The second-order valence-corrected chi connectivity index (χ2v) is 4.03. The lowest BCUT2D eigenvalue weighted by Gasteiger charge is -2.32. The van der Waals surface area contributed by atoms with Gasteiger partial charge in [-0.3, -0.25) is 4.79 Å². The predicted molar refractivity (Wildman–Crippen MR) is 59.5 cm³/mol. The second kappa shape index (κ2) is 6.80. The first-order valence-corrected chi connectivity index (χ1v) is 5.87. The number of rotatable bonds is 5. The molecular formula is C11H22N2O2. The van der Waals surface area contributed by atoms with Crippen molar-refractivity contribution >= 4 is 5.91 Å². The SMILES string of the molecule is CCCCCC(=O)N1CCOC(CN)C1. The summed E-state index contributed by atoms with van der Waals surface area (Å²) >= 11 is 0. The van der Waals surface area contributed by atoms with Crippen LogP contribution in [0.2, 0.25) is 0 Å². The fourth-order valence-electron chi connectivity index (χ4n) is 1.77. The number of nitrogens with zero attached hydrogens (tertiary/aromatic N) is 1. The normalized spacial score (nSPS) is 21.7. The Morgan fingerprint density at radius 2 is 2.33 bits per heavy atom. The van der Waals surface area contributed by atoms with E-state index in [4.69, 9.17) is 10.5 Å². The average molecular weight is 214 g/mol. The van der Waals surface area contributed by atoms with Gasteiger partial charge in [-0.1, -0.05) is 19.8 Å². The van der Waals surface area contributed by atoms with Crippen LogP contribution in [0.1, 0.15) is 32.6 Å². The van der Waals surface area contributed by atoms with Crippen LogP contribution in [0.3, 0.4) is 0 Å². The van der Waals surface area contributed by atoms with Crippen molar-refractivity contribution in [2.24, 2.45) is 5.73 Å². The molecule has 0 aromatic carbocycles. The molecule has 1 rings (SSSR count). The van der Waals surface area contributed by atoms with E-state index in [9.17, 15) is 4.79 Å². The zero-order valence-electron chi connectivity index (χ0n) is 9.58. The van der Waals surface area contributed by atoms with Gasteiger partial charge in [0.05, 0.1) is 12.7 Å². The van der Waals surface area contributed by atoms with E-state index in [1.807, 2.05) is 4.90 Å². The van der Waals surface area contributed by atoms with Gasteiger partial charge in [-0.15, -0.1) is 0 Å². The molecule has 1 heterocycles. The number of carbonyl (C=O) groups is 1. The molecule has 1 saturated heterocycles. The molecule has 4 nitrogen and oxygen atoms in total. The first-order chi connectivity index (χ1) is 7.27. The molecule has 1 amide bonds. The molecule has 0 aromatic rings. The zero-order chi connectivity index (χ0) is 11.1. The van der Waals surface area contributed by atoms with Crippen LogP contribution in [-0.2, 0) is 9.53 Å². The summed E-state index contributed by atoms with van der Waals surface area (Å²) < 4.78 is 5.41. The lowest BCUT2D eigenvalue weighted by Crippen LogP contribution is -2.48. The summed E-state index contributed by atoms with van der Waals surface area (Å²) in [6.45, 7) is 4.66. The quantitative estimate of drug-likeness (QED) is 0.687. The third-order valence-corrected chi connectivity index (χ3v) is 2.75. The standard InChI is InChI=1S/C11H22N2O2/c1-2-3-4-5-11(14)13-6-7-15-10(8-12)9-13/h10H,2-9,12H2,1H3. The summed E-state index contributed by atoms with van der Waals surface area (Å²) in [4.78, 5) is 13.6. The number of morpholine rings is 1. The maximum atomic E-state index is 11.8. The van der Waals surface area contributed by atoms with Crippen LogP contribution in [0, 0.1) is 0 Å². The van der Waals surface area contributed by atoms with Gasteiger partial charge in [-0.25, -0.2) is 0 Å². The van der Waals surface area contributed by atoms with Crippen molar-refractivity contribution in [2.45, 2.75) is 38.7 Å². The molecular weight excluding hydrogens is 192 g/mol. The molecule has 1 atom stereocenters. The number of ether oxygens (including phenoxy) is 1. The molecule has 1 aliphatic rings. The van der Waals surface area contributed by atoms with Crippen molar-refractivity contribution in [3.63, 3.8) is 0 Å². The highest BCUT2D eigenvalue weighted by Crippen LogP contribution is 2.08. The Balaban J connectivity index is 2.25. The summed E-state index contributed by atoms with van der Waals surface area (Å²) in [5.41, 5.74) is 5.52. The summed E-state index contributed by atoms with van der Waals surface area (Å²) in [6, 6.07) is 0. The van der Waals surface area contributed by atoms with E-state index in [2.05, 4.69) is 6.92 Å². The van der Waals surface area contributed by atoms with E-state index in [0.717, 1.165) is 25.8 Å². The van der Waals surface area contributed by atoms with E-state index < -0.39 is 0 Å². The molecule has 0 radical (unpaired) electrons. The highest BCUT2D eigenvalue weighted by atomic mass is 16.5. The number of nitrogens with two attached hydrogens (primary N) is 1. The minimum absolute atomic E-state index is 0.0360. The number of hydrogen-bond donors (Lipinski definition) is 1. The number of carbonyl (C=O) groups excluding carboxylic acids is 1. The van der Waals surface area contributed by atoms with Gasteiger partial charge >= 0.3 is 0 Å². The number of amides is 1. The number of hydrogen-bond acceptors (Lipinski definition) is 3. The summed E-state index contributed by atoms with van der Waals surface area (Å²) in [6.07, 6.45) is 4.00. The molecule has 0 bridgehead atoms. The maximum absolute atomic E-state index is 11.8. The van der Waals surface area contributed by atoms with Gasteiger partial charge < -0.3 is 15.4 Å². The highest BCUT2D eigenvalue weighted by molar-refractivity contribution is 5.76. The van der Waals surface area contributed by atoms with Crippen molar-refractivity contribution in [1.29, 1.82) is 0 Å². The van der Waals surface area contributed by atoms with Crippen LogP contribution in [0.15, 0.2) is 0 Å². The van der Waals surface area contributed by atoms with Crippen LogP contribution in [0.5, 0.6) is 0 Å². The van der Waals surface area contributed by atoms with Gasteiger partial charge in [0.1, 0.15) is 0 Å².